The van der Waals surface area contributed by atoms with Gasteiger partial charge >= 0.3 is 5.97 Å². The van der Waals surface area contributed by atoms with Gasteiger partial charge in [-0.25, -0.2) is 4.79 Å². The number of carbonyl (C=O) groups is 3. The molecule has 0 unspecified atom stereocenters. The zero-order valence-corrected chi connectivity index (χ0v) is 18.2. The Kier molecular flexibility index (Phi) is 8.17. The van der Waals surface area contributed by atoms with Gasteiger partial charge in [-0.1, -0.05) is 12.1 Å². The molecule has 1 amide bonds. The molecule has 30 heavy (non-hydrogen) atoms. The first-order valence-electron chi connectivity index (χ1n) is 9.95. The average Bonchev–Trinajstić information content (AvgIpc) is 3.07. The van der Waals surface area contributed by atoms with E-state index in [1.807, 2.05) is 14.1 Å². The molecule has 0 aliphatic rings. The standard InChI is InChI=1S/C22H29N3O5/c1-6-30-22(28)17-14(2)24-19(18(17)15-8-10-16(29-5)11-9-15)20(26)21(27)23-12-7-13-25(3)4/h8-11,24H,6-7,12-13H2,1-5H3,(H,23,27)/p+1. The second-order valence-electron chi connectivity index (χ2n) is 7.22. The molecule has 162 valence electrons. The number of methoxy groups -OCH3 is 1. The second-order valence-corrected chi connectivity index (χ2v) is 7.22. The molecule has 2 rings (SSSR count). The smallest absolute Gasteiger partial charge is 0.340 e. The van der Waals surface area contributed by atoms with Gasteiger partial charge in [-0.2, -0.15) is 0 Å². The van der Waals surface area contributed by atoms with E-state index in [0.717, 1.165) is 13.0 Å². The van der Waals surface area contributed by atoms with Crippen LogP contribution >= 0.6 is 0 Å². The Morgan fingerprint density at radius 3 is 2.37 bits per heavy atom. The molecule has 0 saturated heterocycles. The molecule has 0 atom stereocenters. The van der Waals surface area contributed by atoms with Crippen LogP contribution in [0.1, 0.15) is 39.9 Å². The van der Waals surface area contributed by atoms with Crippen LogP contribution in [0.25, 0.3) is 11.1 Å². The summed E-state index contributed by atoms with van der Waals surface area (Å²) in [7, 11) is 5.59. The van der Waals surface area contributed by atoms with Crippen molar-refractivity contribution in [2.45, 2.75) is 20.3 Å². The Labute approximate surface area is 176 Å². The number of esters is 1. The number of rotatable bonds is 10. The van der Waals surface area contributed by atoms with Crippen molar-refractivity contribution in [3.63, 3.8) is 0 Å². The van der Waals surface area contributed by atoms with E-state index in [4.69, 9.17) is 9.47 Å². The Morgan fingerprint density at radius 2 is 1.80 bits per heavy atom. The number of Topliss-reactive ketones (excluding diaryl/α,β-unsaturated/α-hetero) is 1. The number of aryl methyl sites for hydroxylation is 1. The summed E-state index contributed by atoms with van der Waals surface area (Å²) in [5, 5.41) is 2.66. The highest BCUT2D eigenvalue weighted by Gasteiger charge is 2.29. The fraction of sp³-hybridized carbons (Fsp3) is 0.409. The van der Waals surface area contributed by atoms with E-state index in [1.54, 1.807) is 45.2 Å². The maximum atomic E-state index is 12.9. The Balaban J connectivity index is 2.40. The van der Waals surface area contributed by atoms with Crippen molar-refractivity contribution in [1.82, 2.24) is 10.3 Å². The molecular weight excluding hydrogens is 386 g/mol. The summed E-state index contributed by atoms with van der Waals surface area (Å²) in [4.78, 5) is 42.1. The van der Waals surface area contributed by atoms with Gasteiger partial charge in [-0.05, 0) is 31.5 Å². The SMILES string of the molecule is CCOC(=O)c1c(C)[nH]c(C(=O)C(=O)NCCC[NH+](C)C)c1-c1ccc(OC)cc1. The monoisotopic (exact) mass is 416 g/mol. The van der Waals surface area contributed by atoms with Crippen LogP contribution in [0.2, 0.25) is 0 Å². The number of benzene rings is 1. The molecule has 2 aromatic rings. The van der Waals surface area contributed by atoms with Gasteiger partial charge in [0.1, 0.15) is 11.4 Å². The van der Waals surface area contributed by atoms with Crippen molar-refractivity contribution in [2.24, 2.45) is 0 Å². The molecule has 0 aliphatic heterocycles. The van der Waals surface area contributed by atoms with Gasteiger partial charge in [0.25, 0.3) is 11.7 Å². The van der Waals surface area contributed by atoms with Crippen LogP contribution in [0.15, 0.2) is 24.3 Å². The number of ether oxygens (including phenoxy) is 2. The molecule has 8 nitrogen and oxygen atoms in total. The maximum Gasteiger partial charge on any atom is 0.340 e. The highest BCUT2D eigenvalue weighted by molar-refractivity contribution is 6.43. The first-order valence-corrected chi connectivity index (χ1v) is 9.95. The number of H-pyrrole nitrogens is 1. The van der Waals surface area contributed by atoms with Crippen molar-refractivity contribution in [3.05, 3.63) is 41.2 Å². The van der Waals surface area contributed by atoms with E-state index in [0.29, 0.717) is 29.1 Å². The average molecular weight is 416 g/mol. The summed E-state index contributed by atoms with van der Waals surface area (Å²) in [6.07, 6.45) is 0.754. The van der Waals surface area contributed by atoms with Gasteiger partial charge in [-0.3, -0.25) is 9.59 Å². The zero-order chi connectivity index (χ0) is 22.3. The lowest BCUT2D eigenvalue weighted by Crippen LogP contribution is -3.05. The Morgan fingerprint density at radius 1 is 1.13 bits per heavy atom. The Hall–Kier alpha value is -3.13. The summed E-state index contributed by atoms with van der Waals surface area (Å²) < 4.78 is 10.4. The molecule has 0 aliphatic carbocycles. The number of aromatic amines is 1. The Bertz CT molecular complexity index is 900. The van der Waals surface area contributed by atoms with Crippen molar-refractivity contribution in [2.75, 3.05) is 40.9 Å². The first kappa shape index (κ1) is 23.2. The minimum Gasteiger partial charge on any atom is -0.497 e. The van der Waals surface area contributed by atoms with E-state index < -0.39 is 17.7 Å². The molecule has 1 heterocycles. The van der Waals surface area contributed by atoms with Gasteiger partial charge in [0, 0.05) is 24.2 Å². The number of ketones is 1. The van der Waals surface area contributed by atoms with Crippen molar-refractivity contribution in [3.8, 4) is 16.9 Å². The fourth-order valence-electron chi connectivity index (χ4n) is 3.14. The van der Waals surface area contributed by atoms with Crippen LogP contribution < -0.4 is 15.0 Å². The topological polar surface area (TPSA) is 102 Å². The molecule has 0 radical (unpaired) electrons. The van der Waals surface area contributed by atoms with Crippen LogP contribution in [0.5, 0.6) is 5.75 Å². The highest BCUT2D eigenvalue weighted by Crippen LogP contribution is 2.32. The van der Waals surface area contributed by atoms with Gasteiger partial charge < -0.3 is 24.7 Å². The third-order valence-corrected chi connectivity index (χ3v) is 4.62. The molecule has 8 heteroatoms. The molecule has 3 N–H and O–H groups in total. The van der Waals surface area contributed by atoms with E-state index in [2.05, 4.69) is 10.3 Å². The van der Waals surface area contributed by atoms with Gasteiger partial charge in [0.15, 0.2) is 0 Å². The van der Waals surface area contributed by atoms with Crippen molar-refractivity contribution < 1.29 is 28.8 Å². The first-order chi connectivity index (χ1) is 14.3. The van der Waals surface area contributed by atoms with Crippen LogP contribution in [-0.4, -0.2) is 63.5 Å². The van der Waals surface area contributed by atoms with Crippen LogP contribution in [0, 0.1) is 6.92 Å². The second kappa shape index (κ2) is 10.6. The number of hydrogen-bond acceptors (Lipinski definition) is 5. The highest BCUT2D eigenvalue weighted by atomic mass is 16.5. The van der Waals surface area contributed by atoms with Crippen molar-refractivity contribution in [1.29, 1.82) is 0 Å². The number of aromatic nitrogens is 1. The minimum absolute atomic E-state index is 0.0662. The van der Waals surface area contributed by atoms with E-state index in [-0.39, 0.29) is 17.9 Å². The third kappa shape index (κ3) is 5.48. The molecule has 0 fully saturated rings. The van der Waals surface area contributed by atoms with Gasteiger partial charge in [0.05, 0.1) is 39.9 Å². The summed E-state index contributed by atoms with van der Waals surface area (Å²) in [6.45, 7) is 4.86. The lowest BCUT2D eigenvalue weighted by Gasteiger charge is -2.10. The van der Waals surface area contributed by atoms with Crippen LogP contribution in [-0.2, 0) is 9.53 Å². The molecule has 1 aromatic carbocycles. The number of quaternary nitrogens is 1. The summed E-state index contributed by atoms with van der Waals surface area (Å²) in [5.74, 6) is -1.35. The third-order valence-electron chi connectivity index (χ3n) is 4.62. The van der Waals surface area contributed by atoms with Crippen LogP contribution in [0.4, 0.5) is 0 Å². The lowest BCUT2D eigenvalue weighted by molar-refractivity contribution is -0.858. The lowest BCUT2D eigenvalue weighted by atomic mass is 9.98. The number of hydrogen-bond donors (Lipinski definition) is 3. The quantitative estimate of drug-likeness (QED) is 0.232. The fourth-order valence-corrected chi connectivity index (χ4v) is 3.14. The predicted octanol–water partition coefficient (Wildman–Crippen LogP) is 1.01. The summed E-state index contributed by atoms with van der Waals surface area (Å²) in [5.41, 5.74) is 1.74. The molecule has 0 saturated carbocycles. The largest absolute Gasteiger partial charge is 0.497 e. The number of amides is 1. The van der Waals surface area contributed by atoms with E-state index >= 15 is 0 Å². The molecule has 1 aromatic heterocycles. The maximum absolute atomic E-state index is 12.9. The number of carbonyl (C=O) groups excluding carboxylic acids is 3. The molecule has 0 spiro atoms. The van der Waals surface area contributed by atoms with E-state index in [1.165, 1.54) is 4.90 Å². The van der Waals surface area contributed by atoms with Gasteiger partial charge in [0.2, 0.25) is 0 Å². The summed E-state index contributed by atoms with van der Waals surface area (Å²) >= 11 is 0. The van der Waals surface area contributed by atoms with Crippen molar-refractivity contribution >= 4 is 17.7 Å². The minimum atomic E-state index is -0.725. The predicted molar refractivity (Wildman–Crippen MR) is 113 cm³/mol. The summed E-state index contributed by atoms with van der Waals surface area (Å²) in [6, 6.07) is 6.92. The molecule has 0 bridgehead atoms. The van der Waals surface area contributed by atoms with Gasteiger partial charge in [-0.15, -0.1) is 0 Å². The van der Waals surface area contributed by atoms with E-state index in [9.17, 15) is 14.4 Å². The van der Waals surface area contributed by atoms with Crippen LogP contribution in [0.3, 0.4) is 0 Å². The number of nitrogens with one attached hydrogen (secondary N) is 3. The normalized spacial score (nSPS) is 10.7. The molecular formula is C22H30N3O5+. The zero-order valence-electron chi connectivity index (χ0n) is 18.2.